The van der Waals surface area contributed by atoms with Crippen molar-refractivity contribution in [3.8, 4) is 0 Å². The number of nitrogens with one attached hydrogen (secondary N) is 1. The summed E-state index contributed by atoms with van der Waals surface area (Å²) in [6.07, 6.45) is 0.127. The largest absolute Gasteiger partial charge is 0.324 e. The molecule has 6 heteroatoms. The first-order valence-corrected chi connectivity index (χ1v) is 11.0. The number of amides is 2. The minimum Gasteiger partial charge on any atom is -0.324 e. The van der Waals surface area contributed by atoms with Gasteiger partial charge in [-0.3, -0.25) is 9.59 Å². The molecule has 0 aliphatic carbocycles. The van der Waals surface area contributed by atoms with E-state index in [0.29, 0.717) is 21.8 Å². The van der Waals surface area contributed by atoms with E-state index < -0.39 is 6.04 Å². The van der Waals surface area contributed by atoms with Crippen LogP contribution in [-0.4, -0.2) is 23.3 Å². The van der Waals surface area contributed by atoms with Gasteiger partial charge in [0.05, 0.1) is 12.5 Å². The van der Waals surface area contributed by atoms with Crippen molar-refractivity contribution in [1.82, 2.24) is 4.90 Å². The van der Waals surface area contributed by atoms with Gasteiger partial charge in [-0.2, -0.15) is 0 Å². The summed E-state index contributed by atoms with van der Waals surface area (Å²) in [5, 5.41) is 5.40. The number of carbonyl (C=O) groups is 2. The third kappa shape index (κ3) is 4.20. The summed E-state index contributed by atoms with van der Waals surface area (Å²) in [5.74, 6) is -0.875. The lowest BCUT2D eigenvalue weighted by molar-refractivity contribution is -0.135. The van der Waals surface area contributed by atoms with Crippen LogP contribution >= 0.6 is 11.6 Å². The summed E-state index contributed by atoms with van der Waals surface area (Å²) in [5.41, 5.74) is 2.85. The molecule has 1 atom stereocenters. The molecule has 1 aliphatic rings. The van der Waals surface area contributed by atoms with E-state index in [-0.39, 0.29) is 30.6 Å². The minimum absolute atomic E-state index is 0.127. The lowest BCUT2D eigenvalue weighted by Gasteiger charge is -2.31. The molecule has 164 valence electrons. The first kappa shape index (κ1) is 21.2. The Bertz CT molecular complexity index is 1370. The Morgan fingerprint density at radius 2 is 1.76 bits per heavy atom. The fourth-order valence-corrected chi connectivity index (χ4v) is 4.61. The zero-order valence-electron chi connectivity index (χ0n) is 17.6. The molecule has 4 nitrogen and oxygen atoms in total. The van der Waals surface area contributed by atoms with Crippen LogP contribution in [0.3, 0.4) is 0 Å². The normalized spacial score (nSPS) is 15.6. The number of hydrogen-bond donors (Lipinski definition) is 1. The van der Waals surface area contributed by atoms with Crippen molar-refractivity contribution in [2.75, 3.05) is 11.9 Å². The van der Waals surface area contributed by atoms with E-state index in [1.807, 2.05) is 42.5 Å². The molecule has 33 heavy (non-hydrogen) atoms. The van der Waals surface area contributed by atoms with Gasteiger partial charge in [0, 0.05) is 16.3 Å². The molecule has 1 heterocycles. The molecule has 1 aliphatic heterocycles. The summed E-state index contributed by atoms with van der Waals surface area (Å²) in [6.45, 7) is -0.127. The molecule has 0 saturated carbocycles. The number of carbonyl (C=O) groups excluding carboxylic acids is 2. The topological polar surface area (TPSA) is 49.4 Å². The van der Waals surface area contributed by atoms with E-state index in [9.17, 15) is 14.0 Å². The lowest BCUT2D eigenvalue weighted by atomic mass is 9.95. The third-order valence-electron chi connectivity index (χ3n) is 5.94. The maximum absolute atomic E-state index is 13.7. The smallest absolute Gasteiger partial charge is 0.244 e. The van der Waals surface area contributed by atoms with E-state index in [1.165, 1.54) is 12.1 Å². The van der Waals surface area contributed by atoms with Gasteiger partial charge in [-0.1, -0.05) is 66.2 Å². The van der Waals surface area contributed by atoms with Crippen LogP contribution in [0.4, 0.5) is 10.1 Å². The van der Waals surface area contributed by atoms with Crippen LogP contribution in [0.5, 0.6) is 0 Å². The van der Waals surface area contributed by atoms with Crippen molar-refractivity contribution in [2.24, 2.45) is 0 Å². The summed E-state index contributed by atoms with van der Waals surface area (Å²) >= 11 is 6.29. The van der Waals surface area contributed by atoms with Crippen molar-refractivity contribution >= 4 is 39.9 Å². The fourth-order valence-electron chi connectivity index (χ4n) is 4.43. The molecule has 0 spiro atoms. The highest BCUT2D eigenvalue weighted by atomic mass is 35.5. The molecule has 1 N–H and O–H groups in total. The highest BCUT2D eigenvalue weighted by Crippen LogP contribution is 2.37. The molecule has 4 aromatic carbocycles. The maximum Gasteiger partial charge on any atom is 0.244 e. The standard InChI is InChI=1S/C27H20ClFN2O2/c28-20-10-13-24-23(15-20)27(18-8-11-21(29)12-9-18)31(16-25(32)30-24)26(33)14-19-6-3-5-17-4-1-2-7-22(17)19/h1-13,15,27H,14,16H2,(H,30,32)/t27-/m1/s1. The Kier molecular flexibility index (Phi) is 5.56. The van der Waals surface area contributed by atoms with Crippen molar-refractivity contribution < 1.29 is 14.0 Å². The lowest BCUT2D eigenvalue weighted by Crippen LogP contribution is -2.39. The predicted octanol–water partition coefficient (Wildman–Crippen LogP) is 5.75. The molecule has 0 aromatic heterocycles. The summed E-state index contributed by atoms with van der Waals surface area (Å²) in [4.78, 5) is 28.0. The Morgan fingerprint density at radius 1 is 1.00 bits per heavy atom. The quantitative estimate of drug-likeness (QED) is 0.425. The molecular weight excluding hydrogens is 439 g/mol. The van der Waals surface area contributed by atoms with E-state index in [2.05, 4.69) is 5.32 Å². The molecule has 0 fully saturated rings. The van der Waals surface area contributed by atoms with E-state index in [1.54, 1.807) is 35.2 Å². The highest BCUT2D eigenvalue weighted by molar-refractivity contribution is 6.30. The van der Waals surface area contributed by atoms with Crippen LogP contribution in [-0.2, 0) is 16.0 Å². The number of hydrogen-bond acceptors (Lipinski definition) is 2. The number of nitrogens with zero attached hydrogens (tertiary/aromatic N) is 1. The highest BCUT2D eigenvalue weighted by Gasteiger charge is 2.33. The fraction of sp³-hybridized carbons (Fsp3) is 0.111. The molecule has 2 amide bonds. The Balaban J connectivity index is 1.60. The molecule has 5 rings (SSSR count). The van der Waals surface area contributed by atoms with Crippen LogP contribution in [0.1, 0.15) is 22.7 Å². The zero-order valence-corrected chi connectivity index (χ0v) is 18.4. The van der Waals surface area contributed by atoms with Gasteiger partial charge in [-0.15, -0.1) is 0 Å². The van der Waals surface area contributed by atoms with Gasteiger partial charge >= 0.3 is 0 Å². The average molecular weight is 459 g/mol. The summed E-state index contributed by atoms with van der Waals surface area (Å²) in [7, 11) is 0. The van der Waals surface area contributed by atoms with Gasteiger partial charge in [-0.05, 0) is 52.2 Å². The second-order valence-corrected chi connectivity index (χ2v) is 8.51. The number of benzene rings is 4. The molecular formula is C27H20ClFN2O2. The Hall–Kier alpha value is -3.70. The summed E-state index contributed by atoms with van der Waals surface area (Å²) < 4.78 is 13.7. The first-order valence-electron chi connectivity index (χ1n) is 10.6. The number of halogens is 2. The van der Waals surface area contributed by atoms with E-state index >= 15 is 0 Å². The minimum atomic E-state index is -0.597. The van der Waals surface area contributed by atoms with Gasteiger partial charge in [0.25, 0.3) is 0 Å². The van der Waals surface area contributed by atoms with Gasteiger partial charge in [0.2, 0.25) is 11.8 Å². The number of fused-ring (bicyclic) bond motifs is 2. The van der Waals surface area contributed by atoms with E-state index in [4.69, 9.17) is 11.6 Å². The maximum atomic E-state index is 13.7. The van der Waals surface area contributed by atoms with Crippen LogP contribution in [0.2, 0.25) is 5.02 Å². The van der Waals surface area contributed by atoms with Crippen LogP contribution in [0, 0.1) is 5.82 Å². The average Bonchev–Trinajstić information content (AvgIpc) is 2.95. The van der Waals surface area contributed by atoms with Gasteiger partial charge < -0.3 is 10.2 Å². The first-order chi connectivity index (χ1) is 16.0. The molecule has 0 saturated heterocycles. The van der Waals surface area contributed by atoms with Gasteiger partial charge in [0.15, 0.2) is 0 Å². The number of rotatable bonds is 3. The van der Waals surface area contributed by atoms with Crippen molar-refractivity contribution in [1.29, 1.82) is 0 Å². The van der Waals surface area contributed by atoms with Crippen LogP contribution in [0.25, 0.3) is 10.8 Å². The molecule has 4 aromatic rings. The van der Waals surface area contributed by atoms with Crippen molar-refractivity contribution in [3.63, 3.8) is 0 Å². The van der Waals surface area contributed by atoms with Crippen LogP contribution in [0.15, 0.2) is 84.9 Å². The van der Waals surface area contributed by atoms with Gasteiger partial charge in [-0.25, -0.2) is 4.39 Å². The second kappa shape index (κ2) is 8.68. The molecule has 0 bridgehead atoms. The second-order valence-electron chi connectivity index (χ2n) is 8.07. The monoisotopic (exact) mass is 458 g/mol. The predicted molar refractivity (Wildman–Crippen MR) is 128 cm³/mol. The van der Waals surface area contributed by atoms with Gasteiger partial charge in [0.1, 0.15) is 12.4 Å². The Morgan fingerprint density at radius 3 is 2.58 bits per heavy atom. The molecule has 0 unspecified atom stereocenters. The number of anilines is 1. The SMILES string of the molecule is O=C1CN(C(=O)Cc2cccc3ccccc23)[C@H](c2ccc(F)cc2)c2cc(Cl)ccc2N1. The summed E-state index contributed by atoms with van der Waals surface area (Å²) in [6, 6.07) is 24.3. The Labute approximate surface area is 195 Å². The van der Waals surface area contributed by atoms with E-state index in [0.717, 1.165) is 16.3 Å². The zero-order chi connectivity index (χ0) is 22.9. The molecule has 0 radical (unpaired) electrons. The third-order valence-corrected chi connectivity index (χ3v) is 6.17. The van der Waals surface area contributed by atoms with Crippen LogP contribution < -0.4 is 5.32 Å². The van der Waals surface area contributed by atoms with Crippen molar-refractivity contribution in [2.45, 2.75) is 12.5 Å². The van der Waals surface area contributed by atoms with Crippen molar-refractivity contribution in [3.05, 3.63) is 112 Å².